The third-order valence-electron chi connectivity index (χ3n) is 3.36. The fourth-order valence-electron chi connectivity index (χ4n) is 2.22. The summed E-state index contributed by atoms with van der Waals surface area (Å²) in [6.45, 7) is 2.55. The molecule has 0 aliphatic carbocycles. The van der Waals surface area contributed by atoms with Gasteiger partial charge in [0, 0.05) is 18.3 Å². The molecule has 3 aromatic rings. The Morgan fingerprint density at radius 2 is 1.96 bits per heavy atom. The number of rotatable bonds is 4. The number of thiocarbonyl (C=S) groups is 1. The van der Waals surface area contributed by atoms with Gasteiger partial charge in [-0.1, -0.05) is 30.3 Å². The number of amides is 1. The average molecular weight is 367 g/mol. The van der Waals surface area contributed by atoms with E-state index in [9.17, 15) is 4.79 Å². The Morgan fingerprint density at radius 1 is 1.15 bits per heavy atom. The highest BCUT2D eigenvalue weighted by Gasteiger charge is 2.18. The van der Waals surface area contributed by atoms with Crippen molar-refractivity contribution >= 4 is 23.2 Å². The minimum atomic E-state index is -0.495. The summed E-state index contributed by atoms with van der Waals surface area (Å²) in [7, 11) is 0. The Morgan fingerprint density at radius 3 is 2.65 bits per heavy atom. The number of hydrogen-bond acceptors (Lipinski definition) is 5. The Balaban J connectivity index is 1.92. The highest BCUT2D eigenvalue weighted by molar-refractivity contribution is 7.80. The van der Waals surface area contributed by atoms with Crippen molar-refractivity contribution in [2.45, 2.75) is 6.92 Å². The molecule has 26 heavy (non-hydrogen) atoms. The molecule has 0 atom stereocenters. The van der Waals surface area contributed by atoms with Crippen LogP contribution in [0, 0.1) is 0 Å². The van der Waals surface area contributed by atoms with Gasteiger partial charge in [-0.25, -0.2) is 9.67 Å². The fourth-order valence-corrected chi connectivity index (χ4v) is 2.41. The normalized spacial score (nSPS) is 10.2. The predicted octanol–water partition coefficient (Wildman–Crippen LogP) is 1.46. The maximum Gasteiger partial charge on any atom is 0.309 e. The topological polar surface area (TPSA) is 96.8 Å². The quantitative estimate of drug-likeness (QED) is 0.474. The summed E-state index contributed by atoms with van der Waals surface area (Å²) >= 11 is 5.01. The minimum absolute atomic E-state index is 0.0134. The summed E-state index contributed by atoms with van der Waals surface area (Å²) in [5.41, 5.74) is 6.62. The van der Waals surface area contributed by atoms with Gasteiger partial charge in [0.1, 0.15) is 0 Å². The maximum atomic E-state index is 12.4. The van der Waals surface area contributed by atoms with E-state index in [-0.39, 0.29) is 5.82 Å². The molecule has 0 aliphatic heterocycles. The molecule has 2 heterocycles. The van der Waals surface area contributed by atoms with Gasteiger partial charge < -0.3 is 5.32 Å². The molecule has 0 bridgehead atoms. The van der Waals surface area contributed by atoms with Gasteiger partial charge in [-0.15, -0.1) is 5.10 Å². The molecule has 0 saturated heterocycles. The lowest BCUT2D eigenvalue weighted by molar-refractivity contribution is 0.0933. The highest BCUT2D eigenvalue weighted by atomic mass is 32.1. The number of carbonyl (C=O) groups is 1. The molecule has 1 amide bonds. The third-order valence-corrected chi connectivity index (χ3v) is 3.61. The van der Waals surface area contributed by atoms with E-state index in [1.807, 2.05) is 43.3 Å². The smallest absolute Gasteiger partial charge is 0.309 e. The fraction of sp³-hybridized carbons (Fsp3) is 0.118. The zero-order valence-electron chi connectivity index (χ0n) is 14.0. The molecule has 0 saturated carbocycles. The molecule has 1 aromatic carbocycles. The second-order valence-corrected chi connectivity index (χ2v) is 5.59. The van der Waals surface area contributed by atoms with Gasteiger partial charge >= 0.3 is 5.91 Å². The molecular weight excluding hydrogens is 350 g/mol. The van der Waals surface area contributed by atoms with Gasteiger partial charge in [0.2, 0.25) is 5.82 Å². The van der Waals surface area contributed by atoms with Crippen molar-refractivity contribution in [3.8, 4) is 17.1 Å². The number of carbonyl (C=O) groups excluding carboxylic acids is 1. The molecule has 0 fully saturated rings. The number of benzene rings is 1. The Labute approximate surface area is 155 Å². The van der Waals surface area contributed by atoms with Gasteiger partial charge in [0.15, 0.2) is 10.9 Å². The number of nitrogens with zero attached hydrogens (tertiary/aromatic N) is 4. The van der Waals surface area contributed by atoms with Crippen molar-refractivity contribution in [3.05, 3.63) is 60.7 Å². The third kappa shape index (κ3) is 4.01. The molecule has 0 aliphatic rings. The van der Waals surface area contributed by atoms with E-state index in [1.165, 1.54) is 0 Å². The lowest BCUT2D eigenvalue weighted by Gasteiger charge is -2.08. The van der Waals surface area contributed by atoms with Gasteiger partial charge in [0.25, 0.3) is 0 Å². The zero-order valence-corrected chi connectivity index (χ0v) is 14.8. The predicted molar refractivity (Wildman–Crippen MR) is 101 cm³/mol. The lowest BCUT2D eigenvalue weighted by atomic mass is 10.2. The van der Waals surface area contributed by atoms with Crippen LogP contribution in [0.2, 0.25) is 0 Å². The Hall–Kier alpha value is -3.33. The SMILES string of the molecule is CCNC(=S)NNC(=O)c1nc(-c2ccccc2)n(-c2cccnc2)n1. The molecule has 132 valence electrons. The van der Waals surface area contributed by atoms with E-state index in [0.717, 1.165) is 5.56 Å². The summed E-state index contributed by atoms with van der Waals surface area (Å²) in [5, 5.41) is 7.52. The molecule has 0 radical (unpaired) electrons. The van der Waals surface area contributed by atoms with Crippen LogP contribution >= 0.6 is 12.2 Å². The molecule has 9 heteroatoms. The molecule has 8 nitrogen and oxygen atoms in total. The van der Waals surface area contributed by atoms with Gasteiger partial charge in [0.05, 0.1) is 11.9 Å². The number of hydrazine groups is 1. The van der Waals surface area contributed by atoms with Crippen molar-refractivity contribution in [2.24, 2.45) is 0 Å². The highest BCUT2D eigenvalue weighted by Crippen LogP contribution is 2.20. The summed E-state index contributed by atoms with van der Waals surface area (Å²) in [4.78, 5) is 20.9. The van der Waals surface area contributed by atoms with Crippen LogP contribution in [-0.4, -0.2) is 37.3 Å². The number of aromatic nitrogens is 4. The zero-order chi connectivity index (χ0) is 18.4. The van der Waals surface area contributed by atoms with Crippen molar-refractivity contribution in [1.29, 1.82) is 0 Å². The van der Waals surface area contributed by atoms with Crippen LogP contribution in [0.4, 0.5) is 0 Å². The van der Waals surface area contributed by atoms with Crippen molar-refractivity contribution in [2.75, 3.05) is 6.54 Å². The number of hydrogen-bond donors (Lipinski definition) is 3. The molecule has 3 rings (SSSR count). The number of pyridine rings is 1. The molecule has 2 aromatic heterocycles. The van der Waals surface area contributed by atoms with Gasteiger partial charge in [-0.05, 0) is 31.3 Å². The van der Waals surface area contributed by atoms with Crippen molar-refractivity contribution in [3.63, 3.8) is 0 Å². The standard InChI is InChI=1S/C17H17N7OS/c1-2-19-17(26)22-21-16(25)14-20-15(12-7-4-3-5-8-12)24(23-14)13-9-6-10-18-11-13/h3-11H,2H2,1H3,(H,21,25)(H2,19,22,26). The minimum Gasteiger partial charge on any atom is -0.362 e. The number of nitrogens with one attached hydrogen (secondary N) is 3. The van der Waals surface area contributed by atoms with E-state index in [4.69, 9.17) is 12.2 Å². The van der Waals surface area contributed by atoms with Crippen LogP contribution in [0.5, 0.6) is 0 Å². The molecular formula is C17H17N7OS. The first kappa shape index (κ1) is 17.5. The molecule has 3 N–H and O–H groups in total. The van der Waals surface area contributed by atoms with Crippen molar-refractivity contribution in [1.82, 2.24) is 35.9 Å². The first-order valence-corrected chi connectivity index (χ1v) is 8.37. The van der Waals surface area contributed by atoms with E-state index in [0.29, 0.717) is 23.2 Å². The maximum absolute atomic E-state index is 12.4. The van der Waals surface area contributed by atoms with E-state index < -0.39 is 5.91 Å². The van der Waals surface area contributed by atoms with E-state index in [1.54, 1.807) is 23.1 Å². The van der Waals surface area contributed by atoms with Crippen molar-refractivity contribution < 1.29 is 4.79 Å². The molecule has 0 spiro atoms. The summed E-state index contributed by atoms with van der Waals surface area (Å²) < 4.78 is 1.58. The second-order valence-electron chi connectivity index (χ2n) is 5.19. The van der Waals surface area contributed by atoms with Crippen LogP contribution in [-0.2, 0) is 0 Å². The van der Waals surface area contributed by atoms with Gasteiger partial charge in [-0.3, -0.25) is 20.6 Å². The summed E-state index contributed by atoms with van der Waals surface area (Å²) in [6.07, 6.45) is 3.32. The lowest BCUT2D eigenvalue weighted by Crippen LogP contribution is -2.47. The van der Waals surface area contributed by atoms with E-state index >= 15 is 0 Å². The van der Waals surface area contributed by atoms with Crippen LogP contribution < -0.4 is 16.2 Å². The first-order valence-electron chi connectivity index (χ1n) is 7.96. The summed E-state index contributed by atoms with van der Waals surface area (Å²) in [6, 6.07) is 13.1. The van der Waals surface area contributed by atoms with Crippen LogP contribution in [0.15, 0.2) is 54.9 Å². The Bertz CT molecular complexity index is 839. The van der Waals surface area contributed by atoms with Crippen LogP contribution in [0.1, 0.15) is 17.5 Å². The largest absolute Gasteiger partial charge is 0.362 e. The Kier molecular flexibility index (Phi) is 5.49. The monoisotopic (exact) mass is 367 g/mol. The van der Waals surface area contributed by atoms with Gasteiger partial charge in [-0.2, -0.15) is 0 Å². The summed E-state index contributed by atoms with van der Waals surface area (Å²) in [5.74, 6) is 0.0580. The second kappa shape index (κ2) is 8.17. The first-order chi connectivity index (χ1) is 12.7. The molecule has 0 unspecified atom stereocenters. The average Bonchev–Trinajstić information content (AvgIpc) is 3.13. The van der Waals surface area contributed by atoms with Crippen LogP contribution in [0.25, 0.3) is 17.1 Å². The van der Waals surface area contributed by atoms with Crippen LogP contribution in [0.3, 0.4) is 0 Å². The van der Waals surface area contributed by atoms with E-state index in [2.05, 4.69) is 31.2 Å².